The number of rotatable bonds is 47. The molecule has 1 aromatic carbocycles. The Bertz CT molecular complexity index is 1370. The second-order valence-electron chi connectivity index (χ2n) is 18.0. The second kappa shape index (κ2) is 46.5. The SMILES string of the molecule is CCCCCCCCC=CCCCCCCC=COCCCN(CCCOCCCCCCCCC=CCCCCCCCC)C(=O)CC(N)C(=O)NCCNC(=O)c1ccc(OC)cc1. The van der Waals surface area contributed by atoms with Crippen LogP contribution in [0.2, 0.25) is 0 Å². The molecule has 0 aromatic heterocycles. The van der Waals surface area contributed by atoms with Gasteiger partial charge in [-0.3, -0.25) is 14.4 Å². The molecule has 10 nitrogen and oxygen atoms in total. The molecule has 1 rings (SSSR count). The molecule has 0 saturated heterocycles. The van der Waals surface area contributed by atoms with E-state index >= 15 is 0 Å². The van der Waals surface area contributed by atoms with Crippen molar-refractivity contribution in [1.82, 2.24) is 15.5 Å². The van der Waals surface area contributed by atoms with Gasteiger partial charge in [0.25, 0.3) is 5.91 Å². The van der Waals surface area contributed by atoms with Crippen molar-refractivity contribution in [3.63, 3.8) is 0 Å². The van der Waals surface area contributed by atoms with Crippen LogP contribution >= 0.6 is 0 Å². The Kier molecular flexibility index (Phi) is 42.5. The fraction of sp³-hybridized carbons (Fsp3) is 0.732. The lowest BCUT2D eigenvalue weighted by Gasteiger charge is -2.24. The average molecular weight is 923 g/mol. The number of nitrogens with two attached hydrogens (primary N) is 1. The summed E-state index contributed by atoms with van der Waals surface area (Å²) in [6.45, 7) is 7.83. The highest BCUT2D eigenvalue weighted by atomic mass is 16.5. The smallest absolute Gasteiger partial charge is 0.251 e. The molecule has 4 N–H and O–H groups in total. The summed E-state index contributed by atoms with van der Waals surface area (Å²) in [7, 11) is 1.57. The fourth-order valence-corrected chi connectivity index (χ4v) is 7.72. The predicted molar refractivity (Wildman–Crippen MR) is 277 cm³/mol. The quantitative estimate of drug-likeness (QED) is 0.0337. The van der Waals surface area contributed by atoms with Gasteiger partial charge < -0.3 is 35.5 Å². The summed E-state index contributed by atoms with van der Waals surface area (Å²) < 4.78 is 16.9. The molecule has 10 heteroatoms. The van der Waals surface area contributed by atoms with Gasteiger partial charge in [-0.25, -0.2) is 0 Å². The number of amides is 3. The van der Waals surface area contributed by atoms with E-state index in [-0.39, 0.29) is 31.3 Å². The summed E-state index contributed by atoms with van der Waals surface area (Å²) in [5.74, 6) is -0.178. The van der Waals surface area contributed by atoms with Crippen molar-refractivity contribution in [3.05, 3.63) is 66.5 Å². The molecule has 0 heterocycles. The number of benzene rings is 1. The minimum atomic E-state index is -0.995. The average Bonchev–Trinajstić information content (AvgIpc) is 3.33. The van der Waals surface area contributed by atoms with Crippen LogP contribution in [0.4, 0.5) is 0 Å². The Labute approximate surface area is 404 Å². The lowest BCUT2D eigenvalue weighted by molar-refractivity contribution is -0.134. The highest BCUT2D eigenvalue weighted by Gasteiger charge is 2.21. The molecule has 0 spiro atoms. The number of methoxy groups -OCH3 is 1. The van der Waals surface area contributed by atoms with E-state index in [1.165, 1.54) is 154 Å². The van der Waals surface area contributed by atoms with Crippen LogP contribution in [0, 0.1) is 0 Å². The number of hydrogen-bond donors (Lipinski definition) is 3. The zero-order chi connectivity index (χ0) is 47.8. The molecule has 378 valence electrons. The van der Waals surface area contributed by atoms with Gasteiger partial charge in [0.2, 0.25) is 11.8 Å². The monoisotopic (exact) mass is 923 g/mol. The highest BCUT2D eigenvalue weighted by Crippen LogP contribution is 2.13. The summed E-state index contributed by atoms with van der Waals surface area (Å²) in [5.41, 5.74) is 6.70. The minimum Gasteiger partial charge on any atom is -0.501 e. The van der Waals surface area contributed by atoms with Crippen LogP contribution in [0.25, 0.3) is 0 Å². The first-order chi connectivity index (χ1) is 32.4. The molecule has 0 aliphatic carbocycles. The third-order valence-corrected chi connectivity index (χ3v) is 11.9. The molecular formula is C56H98N4O6. The van der Waals surface area contributed by atoms with Gasteiger partial charge in [-0.2, -0.15) is 0 Å². The first-order valence-corrected chi connectivity index (χ1v) is 26.8. The van der Waals surface area contributed by atoms with Crippen molar-refractivity contribution in [1.29, 1.82) is 0 Å². The van der Waals surface area contributed by atoms with Crippen molar-refractivity contribution in [2.75, 3.05) is 53.1 Å². The summed E-state index contributed by atoms with van der Waals surface area (Å²) in [5, 5.41) is 5.53. The van der Waals surface area contributed by atoms with Crippen LogP contribution in [0.5, 0.6) is 5.75 Å². The van der Waals surface area contributed by atoms with Gasteiger partial charge in [-0.05, 0) is 114 Å². The first-order valence-electron chi connectivity index (χ1n) is 26.8. The van der Waals surface area contributed by atoms with Gasteiger partial charge in [-0.15, -0.1) is 0 Å². The molecule has 0 bridgehead atoms. The second-order valence-corrected chi connectivity index (χ2v) is 18.0. The number of nitrogens with one attached hydrogen (secondary N) is 2. The van der Waals surface area contributed by atoms with E-state index in [2.05, 4.69) is 54.9 Å². The van der Waals surface area contributed by atoms with E-state index in [1.807, 2.05) is 0 Å². The molecule has 1 atom stereocenters. The Balaban J connectivity index is 2.34. The number of unbranched alkanes of at least 4 members (excludes halogenated alkanes) is 23. The molecule has 0 radical (unpaired) electrons. The largest absolute Gasteiger partial charge is 0.501 e. The van der Waals surface area contributed by atoms with Crippen molar-refractivity contribution in [3.8, 4) is 5.75 Å². The van der Waals surface area contributed by atoms with Gasteiger partial charge in [0.05, 0.1) is 32.4 Å². The lowest BCUT2D eigenvalue weighted by Crippen LogP contribution is -2.46. The Hall–Kier alpha value is -3.63. The van der Waals surface area contributed by atoms with Gasteiger partial charge in [0.15, 0.2) is 0 Å². The highest BCUT2D eigenvalue weighted by molar-refractivity contribution is 5.94. The molecule has 0 aliphatic rings. The van der Waals surface area contributed by atoms with Crippen LogP contribution < -0.4 is 21.1 Å². The van der Waals surface area contributed by atoms with Crippen LogP contribution in [-0.4, -0.2) is 81.8 Å². The van der Waals surface area contributed by atoms with E-state index < -0.39 is 11.9 Å². The zero-order valence-electron chi connectivity index (χ0n) is 42.5. The molecule has 1 aromatic rings. The van der Waals surface area contributed by atoms with E-state index in [4.69, 9.17) is 19.9 Å². The Morgan fingerprint density at radius 3 is 1.52 bits per heavy atom. The van der Waals surface area contributed by atoms with Crippen molar-refractivity contribution in [2.45, 2.75) is 213 Å². The molecular weight excluding hydrogens is 825 g/mol. The van der Waals surface area contributed by atoms with Crippen molar-refractivity contribution >= 4 is 17.7 Å². The van der Waals surface area contributed by atoms with Crippen molar-refractivity contribution < 1.29 is 28.6 Å². The van der Waals surface area contributed by atoms with Crippen LogP contribution in [0.15, 0.2) is 60.9 Å². The lowest BCUT2D eigenvalue weighted by atomic mass is 10.1. The summed E-state index contributed by atoms with van der Waals surface area (Å²) >= 11 is 0. The van der Waals surface area contributed by atoms with E-state index in [0.717, 1.165) is 25.9 Å². The number of carbonyl (C=O) groups is 3. The number of nitrogens with zero attached hydrogens (tertiary/aromatic N) is 1. The number of allylic oxidation sites excluding steroid dienone is 5. The van der Waals surface area contributed by atoms with Gasteiger partial charge in [0, 0.05) is 45.0 Å². The number of hydrogen-bond acceptors (Lipinski definition) is 7. The standard InChI is InChI=1S/C56H98N4O6/c1-4-6-8-10-12-14-16-18-20-22-24-26-28-30-32-34-46-65-48-36-44-60(45-37-49-66-47-35-33-31-29-27-25-23-21-19-17-15-13-11-9-7-5-2)54(61)50-53(57)56(63)59-43-42-58-55(62)51-38-40-52(64-3)41-39-51/h18-21,34,38-41,46,53H,4-17,22-33,35-37,42-45,47-50,57H2,1-3H3,(H,58,62)(H,59,63). The first kappa shape index (κ1) is 60.4. The third-order valence-electron chi connectivity index (χ3n) is 11.9. The van der Waals surface area contributed by atoms with E-state index in [0.29, 0.717) is 50.5 Å². The van der Waals surface area contributed by atoms with Crippen LogP contribution in [-0.2, 0) is 19.1 Å². The maximum atomic E-state index is 13.4. The molecule has 1 unspecified atom stereocenters. The fourth-order valence-electron chi connectivity index (χ4n) is 7.72. The van der Waals surface area contributed by atoms with Gasteiger partial charge in [-0.1, -0.05) is 141 Å². The third kappa shape index (κ3) is 37.5. The van der Waals surface area contributed by atoms with Crippen molar-refractivity contribution in [2.24, 2.45) is 5.73 Å². The normalized spacial score (nSPS) is 12.1. The number of ether oxygens (including phenoxy) is 3. The molecule has 0 saturated carbocycles. The number of carbonyl (C=O) groups excluding carboxylic acids is 3. The predicted octanol–water partition coefficient (Wildman–Crippen LogP) is 13.1. The summed E-state index contributed by atoms with van der Waals surface area (Å²) in [6, 6.07) is 5.79. The Morgan fingerprint density at radius 1 is 0.561 bits per heavy atom. The van der Waals surface area contributed by atoms with E-state index in [1.54, 1.807) is 42.5 Å². The molecule has 66 heavy (non-hydrogen) atoms. The maximum absolute atomic E-state index is 13.4. The minimum absolute atomic E-state index is 0.101. The molecule has 0 aliphatic heterocycles. The van der Waals surface area contributed by atoms with E-state index in [9.17, 15) is 14.4 Å². The Morgan fingerprint density at radius 2 is 1.00 bits per heavy atom. The summed E-state index contributed by atoms with van der Waals surface area (Å²) in [4.78, 5) is 40.5. The maximum Gasteiger partial charge on any atom is 0.251 e. The van der Waals surface area contributed by atoms with Crippen LogP contribution in [0.3, 0.4) is 0 Å². The topological polar surface area (TPSA) is 132 Å². The van der Waals surface area contributed by atoms with Crippen LogP contribution in [0.1, 0.15) is 217 Å². The zero-order valence-corrected chi connectivity index (χ0v) is 42.5. The molecule has 3 amide bonds. The van der Waals surface area contributed by atoms with Gasteiger partial charge in [0.1, 0.15) is 5.75 Å². The molecule has 0 fully saturated rings. The van der Waals surface area contributed by atoms with Gasteiger partial charge >= 0.3 is 0 Å². The summed E-state index contributed by atoms with van der Waals surface area (Å²) in [6.07, 6.45) is 49.1.